The Labute approximate surface area is 127 Å². The number of Topliss-reactive ketones (excluding diaryl/α,β-unsaturated/α-hetero) is 1. The van der Waals surface area contributed by atoms with Crippen molar-refractivity contribution in [2.75, 3.05) is 0 Å². The summed E-state index contributed by atoms with van der Waals surface area (Å²) in [5.74, 6) is 0.346. The number of carbonyl (C=O) groups excluding carboxylic acids is 1. The molecule has 0 aromatic heterocycles. The molecular weight excluding hydrogens is 256 g/mol. The third-order valence-electron chi connectivity index (χ3n) is 4.62. The van der Waals surface area contributed by atoms with E-state index >= 15 is 0 Å². The van der Waals surface area contributed by atoms with E-state index in [-0.39, 0.29) is 0 Å². The number of rotatable bonds is 3. The molecule has 0 aliphatic heterocycles. The zero-order chi connectivity index (χ0) is 14.8. The van der Waals surface area contributed by atoms with Crippen molar-refractivity contribution in [2.45, 2.75) is 46.0 Å². The molecule has 2 aromatic rings. The van der Waals surface area contributed by atoms with Crippen LogP contribution in [0, 0.1) is 6.92 Å². The minimum atomic E-state index is 0.346. The molecule has 1 nitrogen and oxygen atoms in total. The van der Waals surface area contributed by atoms with E-state index in [2.05, 4.69) is 44.2 Å². The second-order valence-electron chi connectivity index (χ2n) is 5.97. The van der Waals surface area contributed by atoms with Gasteiger partial charge in [-0.2, -0.15) is 0 Å². The van der Waals surface area contributed by atoms with Gasteiger partial charge in [0.05, 0.1) is 0 Å². The molecule has 0 radical (unpaired) electrons. The van der Waals surface area contributed by atoms with E-state index in [1.165, 1.54) is 27.8 Å². The van der Waals surface area contributed by atoms with Crippen LogP contribution in [0.15, 0.2) is 36.4 Å². The third kappa shape index (κ3) is 2.65. The predicted molar refractivity (Wildman–Crippen MR) is 87.1 cm³/mol. The van der Waals surface area contributed by atoms with Gasteiger partial charge in [0.2, 0.25) is 0 Å². The van der Waals surface area contributed by atoms with Gasteiger partial charge in [0.1, 0.15) is 0 Å². The zero-order valence-corrected chi connectivity index (χ0v) is 12.9. The molecule has 3 rings (SSSR count). The lowest BCUT2D eigenvalue weighted by molar-refractivity contribution is 0.0971. The van der Waals surface area contributed by atoms with Crippen LogP contribution >= 0.6 is 0 Å². The lowest BCUT2D eigenvalue weighted by Crippen LogP contribution is -2.16. The average molecular weight is 278 g/mol. The molecule has 1 aliphatic rings. The fourth-order valence-corrected chi connectivity index (χ4v) is 3.48. The first-order chi connectivity index (χ1) is 10.2. The first-order valence-corrected chi connectivity index (χ1v) is 7.92. The van der Waals surface area contributed by atoms with Gasteiger partial charge in [-0.05, 0) is 60.4 Å². The predicted octanol–water partition coefficient (Wildman–Crippen LogP) is 4.67. The smallest absolute Gasteiger partial charge is 0.163 e. The highest BCUT2D eigenvalue weighted by molar-refractivity contribution is 6.00. The topological polar surface area (TPSA) is 17.1 Å². The van der Waals surface area contributed by atoms with Gasteiger partial charge in [0, 0.05) is 12.0 Å². The Morgan fingerprint density at radius 3 is 2.52 bits per heavy atom. The molecule has 0 fully saturated rings. The van der Waals surface area contributed by atoms with E-state index in [4.69, 9.17) is 0 Å². The van der Waals surface area contributed by atoms with Gasteiger partial charge in [-0.15, -0.1) is 0 Å². The highest BCUT2D eigenvalue weighted by Crippen LogP contribution is 2.31. The molecule has 0 N–H and O–H groups in total. The number of ketones is 1. The standard InChI is InChI=1S/C20H22O/c1-3-16-13-17(12-15-8-5-4-6-9-15)14(2)20-18(16)10-7-11-19(20)21/h4-6,8-9,13H,3,7,10-12H2,1-2H3. The molecule has 1 heteroatoms. The van der Waals surface area contributed by atoms with Gasteiger partial charge < -0.3 is 0 Å². The van der Waals surface area contributed by atoms with E-state index in [1.807, 2.05) is 6.07 Å². The first-order valence-electron chi connectivity index (χ1n) is 7.92. The quantitative estimate of drug-likeness (QED) is 0.797. The number of fused-ring (bicyclic) bond motifs is 1. The Morgan fingerprint density at radius 2 is 1.81 bits per heavy atom. The molecule has 0 heterocycles. The van der Waals surface area contributed by atoms with Crippen molar-refractivity contribution in [3.05, 3.63) is 69.8 Å². The Balaban J connectivity index is 2.09. The van der Waals surface area contributed by atoms with Crippen LogP contribution in [0.25, 0.3) is 0 Å². The van der Waals surface area contributed by atoms with Crippen molar-refractivity contribution in [1.82, 2.24) is 0 Å². The fourth-order valence-electron chi connectivity index (χ4n) is 3.48. The number of aryl methyl sites for hydroxylation is 1. The van der Waals surface area contributed by atoms with E-state index in [1.54, 1.807) is 0 Å². The molecule has 0 amide bonds. The molecule has 0 spiro atoms. The zero-order valence-electron chi connectivity index (χ0n) is 12.9. The van der Waals surface area contributed by atoms with Gasteiger partial charge in [0.25, 0.3) is 0 Å². The van der Waals surface area contributed by atoms with Crippen LogP contribution in [0.3, 0.4) is 0 Å². The Kier molecular flexibility index (Phi) is 3.92. The largest absolute Gasteiger partial charge is 0.294 e. The van der Waals surface area contributed by atoms with E-state index in [0.717, 1.165) is 31.2 Å². The lowest BCUT2D eigenvalue weighted by Gasteiger charge is -2.23. The molecule has 0 unspecified atom stereocenters. The van der Waals surface area contributed by atoms with E-state index in [9.17, 15) is 4.79 Å². The molecule has 0 saturated carbocycles. The van der Waals surface area contributed by atoms with Crippen LogP contribution in [0.2, 0.25) is 0 Å². The fraction of sp³-hybridized carbons (Fsp3) is 0.350. The van der Waals surface area contributed by atoms with Crippen LogP contribution in [-0.2, 0) is 19.3 Å². The monoisotopic (exact) mass is 278 g/mol. The van der Waals surface area contributed by atoms with E-state index in [0.29, 0.717) is 12.2 Å². The normalized spacial score (nSPS) is 14.1. The summed E-state index contributed by atoms with van der Waals surface area (Å²) in [7, 11) is 0. The molecule has 108 valence electrons. The maximum atomic E-state index is 12.4. The van der Waals surface area contributed by atoms with Gasteiger partial charge in [0.15, 0.2) is 5.78 Å². The maximum Gasteiger partial charge on any atom is 0.163 e. The molecule has 0 saturated heterocycles. The molecular formula is C20H22O. The lowest BCUT2D eigenvalue weighted by atomic mass is 9.81. The van der Waals surface area contributed by atoms with Gasteiger partial charge in [-0.3, -0.25) is 4.79 Å². The third-order valence-corrected chi connectivity index (χ3v) is 4.62. The SMILES string of the molecule is CCc1cc(Cc2ccccc2)c(C)c2c1CCCC2=O. The number of benzene rings is 2. The number of carbonyl (C=O) groups is 1. The van der Waals surface area contributed by atoms with Crippen LogP contribution in [0.1, 0.15) is 57.9 Å². The van der Waals surface area contributed by atoms with Gasteiger partial charge >= 0.3 is 0 Å². The van der Waals surface area contributed by atoms with Crippen LogP contribution in [0.4, 0.5) is 0 Å². The van der Waals surface area contributed by atoms with Crippen LogP contribution < -0.4 is 0 Å². The Morgan fingerprint density at radius 1 is 1.05 bits per heavy atom. The first kappa shape index (κ1) is 14.1. The summed E-state index contributed by atoms with van der Waals surface area (Å²) in [6.07, 6.45) is 4.72. The van der Waals surface area contributed by atoms with Crippen molar-refractivity contribution < 1.29 is 4.79 Å². The summed E-state index contributed by atoms with van der Waals surface area (Å²) in [4.78, 5) is 12.4. The summed E-state index contributed by atoms with van der Waals surface area (Å²) >= 11 is 0. The molecule has 21 heavy (non-hydrogen) atoms. The molecule has 2 aromatic carbocycles. The van der Waals surface area contributed by atoms with Gasteiger partial charge in [-0.25, -0.2) is 0 Å². The minimum Gasteiger partial charge on any atom is -0.294 e. The highest BCUT2D eigenvalue weighted by atomic mass is 16.1. The van der Waals surface area contributed by atoms with Crippen molar-refractivity contribution in [3.63, 3.8) is 0 Å². The highest BCUT2D eigenvalue weighted by Gasteiger charge is 2.23. The minimum absolute atomic E-state index is 0.346. The average Bonchev–Trinajstić information content (AvgIpc) is 2.51. The Hall–Kier alpha value is -1.89. The second kappa shape index (κ2) is 5.85. The van der Waals surface area contributed by atoms with E-state index < -0.39 is 0 Å². The second-order valence-corrected chi connectivity index (χ2v) is 5.97. The van der Waals surface area contributed by atoms with Crippen molar-refractivity contribution in [1.29, 1.82) is 0 Å². The summed E-state index contributed by atoms with van der Waals surface area (Å²) < 4.78 is 0. The maximum absolute atomic E-state index is 12.4. The van der Waals surface area contributed by atoms with Gasteiger partial charge in [-0.1, -0.05) is 43.3 Å². The Bertz CT molecular complexity index is 668. The molecule has 0 bridgehead atoms. The van der Waals surface area contributed by atoms with Crippen LogP contribution in [0.5, 0.6) is 0 Å². The number of hydrogen-bond acceptors (Lipinski definition) is 1. The molecule has 0 atom stereocenters. The molecule has 1 aliphatic carbocycles. The summed E-state index contributed by atoms with van der Waals surface area (Å²) in [6, 6.07) is 12.9. The van der Waals surface area contributed by atoms with Crippen molar-refractivity contribution in [2.24, 2.45) is 0 Å². The summed E-state index contributed by atoms with van der Waals surface area (Å²) in [6.45, 7) is 4.32. The van der Waals surface area contributed by atoms with Crippen molar-refractivity contribution >= 4 is 5.78 Å². The summed E-state index contributed by atoms with van der Waals surface area (Å²) in [5, 5.41) is 0. The number of hydrogen-bond donors (Lipinski definition) is 0. The van der Waals surface area contributed by atoms with Crippen LogP contribution in [-0.4, -0.2) is 5.78 Å². The van der Waals surface area contributed by atoms with Crippen molar-refractivity contribution in [3.8, 4) is 0 Å². The summed E-state index contributed by atoms with van der Waals surface area (Å²) in [5.41, 5.74) is 7.55.